The highest BCUT2D eigenvalue weighted by molar-refractivity contribution is 5.95. The third kappa shape index (κ3) is 1.47. The maximum absolute atomic E-state index is 12.2. The zero-order valence-electron chi connectivity index (χ0n) is 9.17. The molecular weight excluding hydrogens is 232 g/mol. The SMILES string of the molecule is [O]C(=O)c1ccc2oc3ccccc3c(=O)c2c1. The van der Waals surface area contributed by atoms with Gasteiger partial charge in [0.25, 0.3) is 0 Å². The highest BCUT2D eigenvalue weighted by Crippen LogP contribution is 2.19. The zero-order chi connectivity index (χ0) is 12.7. The van der Waals surface area contributed by atoms with Gasteiger partial charge in [-0.15, -0.1) is 0 Å². The highest BCUT2D eigenvalue weighted by Gasteiger charge is 2.11. The fraction of sp³-hybridized carbons (Fsp3) is 0. The Labute approximate surface area is 101 Å². The lowest BCUT2D eigenvalue weighted by Gasteiger charge is -2.01. The van der Waals surface area contributed by atoms with Gasteiger partial charge < -0.3 is 4.42 Å². The monoisotopic (exact) mass is 239 g/mol. The number of para-hydroxylation sites is 1. The van der Waals surface area contributed by atoms with E-state index in [4.69, 9.17) is 4.42 Å². The molecule has 0 aliphatic heterocycles. The van der Waals surface area contributed by atoms with Crippen LogP contribution >= 0.6 is 0 Å². The smallest absolute Gasteiger partial charge is 0.386 e. The summed E-state index contributed by atoms with van der Waals surface area (Å²) in [5.41, 5.74) is 0.569. The number of fused-ring (bicyclic) bond motifs is 2. The Hall–Kier alpha value is -2.62. The number of hydrogen-bond acceptors (Lipinski definition) is 3. The third-order valence-electron chi connectivity index (χ3n) is 2.81. The molecule has 4 nitrogen and oxygen atoms in total. The molecule has 1 aromatic heterocycles. The van der Waals surface area contributed by atoms with Crippen molar-refractivity contribution in [1.29, 1.82) is 0 Å². The molecule has 0 saturated heterocycles. The molecule has 4 heteroatoms. The van der Waals surface area contributed by atoms with E-state index < -0.39 is 5.97 Å². The predicted molar refractivity (Wildman–Crippen MR) is 65.0 cm³/mol. The summed E-state index contributed by atoms with van der Waals surface area (Å²) in [7, 11) is 0. The third-order valence-corrected chi connectivity index (χ3v) is 2.81. The van der Waals surface area contributed by atoms with E-state index in [0.717, 1.165) is 0 Å². The summed E-state index contributed by atoms with van der Waals surface area (Å²) in [6.07, 6.45) is 0. The van der Waals surface area contributed by atoms with Gasteiger partial charge in [0.05, 0.1) is 16.3 Å². The van der Waals surface area contributed by atoms with Crippen molar-refractivity contribution < 1.29 is 14.3 Å². The summed E-state index contributed by atoms with van der Waals surface area (Å²) >= 11 is 0. The number of hydrogen-bond donors (Lipinski definition) is 0. The molecule has 0 saturated carbocycles. The van der Waals surface area contributed by atoms with Gasteiger partial charge in [-0.2, -0.15) is 0 Å². The lowest BCUT2D eigenvalue weighted by molar-refractivity contribution is 0.0573. The standard InChI is InChI=1S/C14H7O4/c15-13-9-3-1-2-4-11(9)18-12-6-5-8(14(16)17)7-10(12)13/h1-7H. The Morgan fingerprint density at radius 3 is 2.44 bits per heavy atom. The van der Waals surface area contributed by atoms with Crippen LogP contribution < -0.4 is 5.43 Å². The van der Waals surface area contributed by atoms with Crippen molar-refractivity contribution in [2.45, 2.75) is 0 Å². The van der Waals surface area contributed by atoms with E-state index in [0.29, 0.717) is 16.6 Å². The van der Waals surface area contributed by atoms with Crippen LogP contribution in [0.15, 0.2) is 51.7 Å². The Morgan fingerprint density at radius 2 is 1.67 bits per heavy atom. The Morgan fingerprint density at radius 1 is 0.944 bits per heavy atom. The fourth-order valence-corrected chi connectivity index (χ4v) is 1.93. The summed E-state index contributed by atoms with van der Waals surface area (Å²) in [6.45, 7) is 0. The van der Waals surface area contributed by atoms with Crippen molar-refractivity contribution in [3.63, 3.8) is 0 Å². The van der Waals surface area contributed by atoms with Crippen LogP contribution in [0.1, 0.15) is 10.4 Å². The second kappa shape index (κ2) is 3.70. The summed E-state index contributed by atoms with van der Waals surface area (Å²) in [5.74, 6) is -1.32. The Kier molecular flexibility index (Phi) is 2.16. The van der Waals surface area contributed by atoms with E-state index >= 15 is 0 Å². The minimum absolute atomic E-state index is 0.0370. The van der Waals surface area contributed by atoms with Gasteiger partial charge in [-0.1, -0.05) is 12.1 Å². The van der Waals surface area contributed by atoms with Crippen LogP contribution in [0.5, 0.6) is 0 Å². The Balaban J connectivity index is 2.49. The van der Waals surface area contributed by atoms with Crippen molar-refractivity contribution in [3.05, 3.63) is 58.3 Å². The molecule has 87 valence electrons. The van der Waals surface area contributed by atoms with Crippen LogP contribution in [0.4, 0.5) is 0 Å². The minimum atomic E-state index is -1.32. The molecule has 3 aromatic rings. The van der Waals surface area contributed by atoms with Gasteiger partial charge >= 0.3 is 5.97 Å². The van der Waals surface area contributed by atoms with Crippen LogP contribution in [-0.2, 0) is 5.11 Å². The zero-order valence-corrected chi connectivity index (χ0v) is 9.17. The van der Waals surface area contributed by atoms with Crippen molar-refractivity contribution in [2.24, 2.45) is 0 Å². The molecule has 0 spiro atoms. The molecular formula is C14H7O4. The molecule has 0 fully saturated rings. The number of benzene rings is 2. The second-order valence-electron chi connectivity index (χ2n) is 3.93. The Bertz CT molecular complexity index is 830. The first-order chi connectivity index (χ1) is 8.66. The van der Waals surface area contributed by atoms with E-state index in [9.17, 15) is 14.7 Å². The largest absolute Gasteiger partial charge is 0.456 e. The molecule has 0 amide bonds. The number of carbonyl (C=O) groups is 1. The van der Waals surface area contributed by atoms with Crippen molar-refractivity contribution in [3.8, 4) is 0 Å². The summed E-state index contributed by atoms with van der Waals surface area (Å²) < 4.78 is 5.55. The number of rotatable bonds is 1. The van der Waals surface area contributed by atoms with E-state index in [1.807, 2.05) is 0 Å². The molecule has 0 unspecified atom stereocenters. The van der Waals surface area contributed by atoms with Gasteiger partial charge in [0, 0.05) is 0 Å². The van der Waals surface area contributed by atoms with Gasteiger partial charge in [-0.25, -0.2) is 9.90 Å². The lowest BCUT2D eigenvalue weighted by Crippen LogP contribution is -2.03. The molecule has 18 heavy (non-hydrogen) atoms. The molecule has 1 radical (unpaired) electrons. The number of carbonyl (C=O) groups excluding carboxylic acids is 1. The predicted octanol–water partition coefficient (Wildman–Crippen LogP) is 2.52. The molecule has 0 bridgehead atoms. The van der Waals surface area contributed by atoms with Gasteiger partial charge in [-0.05, 0) is 30.3 Å². The topological polar surface area (TPSA) is 67.2 Å². The lowest BCUT2D eigenvalue weighted by atomic mass is 10.1. The molecule has 2 aromatic carbocycles. The van der Waals surface area contributed by atoms with Crippen LogP contribution in [0.2, 0.25) is 0 Å². The minimum Gasteiger partial charge on any atom is -0.456 e. The van der Waals surface area contributed by atoms with E-state index in [2.05, 4.69) is 0 Å². The van der Waals surface area contributed by atoms with E-state index in [1.54, 1.807) is 24.3 Å². The second-order valence-corrected chi connectivity index (χ2v) is 3.93. The van der Waals surface area contributed by atoms with Gasteiger partial charge in [-0.3, -0.25) is 4.79 Å². The maximum atomic E-state index is 12.2. The molecule has 0 N–H and O–H groups in total. The van der Waals surface area contributed by atoms with Crippen LogP contribution in [0, 0.1) is 0 Å². The summed E-state index contributed by atoms with van der Waals surface area (Å²) in [5, 5.41) is 11.5. The molecule has 0 aliphatic rings. The average Bonchev–Trinajstić information content (AvgIpc) is 2.38. The molecule has 0 atom stereocenters. The van der Waals surface area contributed by atoms with Gasteiger partial charge in [0.1, 0.15) is 11.2 Å². The first-order valence-electron chi connectivity index (χ1n) is 5.34. The van der Waals surface area contributed by atoms with Crippen molar-refractivity contribution in [2.75, 3.05) is 0 Å². The van der Waals surface area contributed by atoms with Gasteiger partial charge in [0.15, 0.2) is 0 Å². The first-order valence-corrected chi connectivity index (χ1v) is 5.34. The van der Waals surface area contributed by atoms with E-state index in [-0.39, 0.29) is 16.4 Å². The summed E-state index contributed by atoms with van der Waals surface area (Å²) in [4.78, 5) is 23.0. The molecule has 3 rings (SSSR count). The molecule has 0 aliphatic carbocycles. The van der Waals surface area contributed by atoms with Crippen LogP contribution in [0.3, 0.4) is 0 Å². The fourth-order valence-electron chi connectivity index (χ4n) is 1.93. The van der Waals surface area contributed by atoms with Crippen molar-refractivity contribution >= 4 is 27.9 Å². The molecule has 1 heterocycles. The summed E-state index contributed by atoms with van der Waals surface area (Å²) in [6, 6.07) is 10.9. The quantitative estimate of drug-likeness (QED) is 0.613. The normalized spacial score (nSPS) is 10.9. The van der Waals surface area contributed by atoms with Crippen LogP contribution in [0.25, 0.3) is 21.9 Å². The average molecular weight is 239 g/mol. The first kappa shape index (κ1) is 10.5. The van der Waals surface area contributed by atoms with Crippen molar-refractivity contribution in [1.82, 2.24) is 0 Å². The van der Waals surface area contributed by atoms with Gasteiger partial charge in [0.2, 0.25) is 5.43 Å². The van der Waals surface area contributed by atoms with E-state index in [1.165, 1.54) is 18.2 Å². The highest BCUT2D eigenvalue weighted by atomic mass is 16.4. The maximum Gasteiger partial charge on any atom is 0.386 e. The van der Waals surface area contributed by atoms with Crippen LogP contribution in [-0.4, -0.2) is 5.97 Å².